The summed E-state index contributed by atoms with van der Waals surface area (Å²) in [4.78, 5) is 71.4. The molecule has 1 aliphatic heterocycles. The smallest absolute Gasteiger partial charge is 0.243 e. The van der Waals surface area contributed by atoms with Gasteiger partial charge < -0.3 is 27.0 Å². The minimum Gasteiger partial charge on any atom is -0.368 e. The Morgan fingerprint density at radius 1 is 0.854 bits per heavy atom. The van der Waals surface area contributed by atoms with Gasteiger partial charge in [-0.25, -0.2) is 0 Å². The number of carbonyl (C=O) groups excluding carboxylic acids is 5. The van der Waals surface area contributed by atoms with Crippen molar-refractivity contribution >= 4 is 53.1 Å². The van der Waals surface area contributed by atoms with E-state index in [0.29, 0.717) is 36.5 Å². The lowest BCUT2D eigenvalue weighted by Crippen LogP contribution is -2.60. The van der Waals surface area contributed by atoms with Crippen LogP contribution in [0.1, 0.15) is 70.3 Å². The van der Waals surface area contributed by atoms with Gasteiger partial charge in [0.15, 0.2) is 0 Å². The van der Waals surface area contributed by atoms with E-state index < -0.39 is 47.8 Å². The molecule has 13 heteroatoms. The second-order valence-electron chi connectivity index (χ2n) is 12.6. The number of rotatable bonds is 8. The lowest BCUT2D eigenvalue weighted by molar-refractivity contribution is -0.135. The Labute approximate surface area is 292 Å². The molecule has 6 N–H and O–H groups in total. The molecular formula is C35H50N6O5S2. The fourth-order valence-electron chi connectivity index (χ4n) is 5.09. The summed E-state index contributed by atoms with van der Waals surface area (Å²) >= 11 is 2.99. The largest absolute Gasteiger partial charge is 0.368 e. The fourth-order valence-corrected chi connectivity index (χ4v) is 6.91. The van der Waals surface area contributed by atoms with E-state index in [1.807, 2.05) is 76.2 Å². The van der Waals surface area contributed by atoms with Crippen LogP contribution in [0.5, 0.6) is 0 Å². The Bertz CT molecular complexity index is 1380. The predicted octanol–water partition coefficient (Wildman–Crippen LogP) is 3.10. The first-order valence-electron chi connectivity index (χ1n) is 16.6. The van der Waals surface area contributed by atoms with Crippen molar-refractivity contribution in [2.45, 2.75) is 95.5 Å². The molecule has 2 aromatic rings. The number of primary amides is 1. The predicted molar refractivity (Wildman–Crippen MR) is 192 cm³/mol. The Kier molecular flexibility index (Phi) is 16.2. The van der Waals surface area contributed by atoms with Gasteiger partial charge in [-0.1, -0.05) is 70.5 Å². The van der Waals surface area contributed by atoms with Gasteiger partial charge in [-0.05, 0) is 42.4 Å². The van der Waals surface area contributed by atoms with Crippen molar-refractivity contribution in [2.75, 3.05) is 11.5 Å². The van der Waals surface area contributed by atoms with E-state index in [9.17, 15) is 24.0 Å². The summed E-state index contributed by atoms with van der Waals surface area (Å²) in [6.07, 6.45) is 2.00. The number of hydrogen-bond donors (Lipinski definition) is 5. The SMILES string of the molecule is CC[C@H](C)[C@@H]1NC(=O)[C@H](CCC(C)C)NC(=O)[C@H](Cc2ccccc2)NC(=O)CCSCc2cccc(n2)CSC[C@@H](C(N)=O)NC1=O. The molecule has 1 aromatic carbocycles. The molecule has 0 saturated heterocycles. The van der Waals surface area contributed by atoms with Gasteiger partial charge in [0.05, 0.1) is 11.4 Å². The zero-order chi connectivity index (χ0) is 35.1. The van der Waals surface area contributed by atoms with Crippen molar-refractivity contribution in [3.05, 3.63) is 65.5 Å². The molecular weight excluding hydrogens is 649 g/mol. The maximum Gasteiger partial charge on any atom is 0.243 e. The number of pyridine rings is 1. The summed E-state index contributed by atoms with van der Waals surface area (Å²) in [5, 5.41) is 11.4. The number of nitrogens with one attached hydrogen (secondary N) is 4. The number of thioether (sulfide) groups is 2. The van der Waals surface area contributed by atoms with Crippen molar-refractivity contribution in [3.63, 3.8) is 0 Å². The molecule has 48 heavy (non-hydrogen) atoms. The van der Waals surface area contributed by atoms with Crippen LogP contribution in [0.25, 0.3) is 0 Å². The molecule has 11 nitrogen and oxygen atoms in total. The number of carbonyl (C=O) groups is 5. The molecule has 5 amide bonds. The number of amides is 5. The van der Waals surface area contributed by atoms with Gasteiger partial charge in [0, 0.05) is 35.9 Å². The molecule has 0 fully saturated rings. The zero-order valence-electron chi connectivity index (χ0n) is 28.3. The molecule has 262 valence electrons. The highest BCUT2D eigenvalue weighted by Crippen LogP contribution is 2.17. The van der Waals surface area contributed by atoms with E-state index in [1.54, 1.807) is 11.8 Å². The molecule has 0 spiro atoms. The highest BCUT2D eigenvalue weighted by Gasteiger charge is 2.33. The standard InChI is InChI=1S/C35H50N6O5S2/c1-5-23(4)31-35(46)40-29(32(36)43)21-48-20-26-13-9-12-25(37-26)19-47-17-16-30(42)38-28(18-24-10-7-6-8-11-24)34(45)39-27(33(44)41-31)15-14-22(2)3/h6-13,22-23,27-29,31H,5,14-21H2,1-4H3,(H2,36,43)(H,38,42)(H,39,45)(H,40,46)(H,41,44)/t23-,27-,28-,29-,31-/m0/s1. The molecule has 1 aromatic heterocycles. The third-order valence-corrected chi connectivity index (χ3v) is 10.2. The summed E-state index contributed by atoms with van der Waals surface area (Å²) in [6.45, 7) is 7.79. The van der Waals surface area contributed by atoms with Crippen LogP contribution in [0, 0.1) is 11.8 Å². The average Bonchev–Trinajstić information content (AvgIpc) is 3.06. The van der Waals surface area contributed by atoms with Gasteiger partial charge >= 0.3 is 0 Å². The molecule has 3 rings (SSSR count). The molecule has 1 aliphatic rings. The first kappa shape index (κ1) is 38.9. The molecule has 0 saturated carbocycles. The van der Waals surface area contributed by atoms with E-state index >= 15 is 0 Å². The quantitative estimate of drug-likeness (QED) is 0.280. The summed E-state index contributed by atoms with van der Waals surface area (Å²) in [7, 11) is 0. The van der Waals surface area contributed by atoms with Gasteiger partial charge in [-0.2, -0.15) is 23.5 Å². The van der Waals surface area contributed by atoms with Crippen LogP contribution in [0.4, 0.5) is 0 Å². The molecule has 0 unspecified atom stereocenters. The Balaban J connectivity index is 1.93. The average molecular weight is 699 g/mol. The summed E-state index contributed by atoms with van der Waals surface area (Å²) in [6, 6.07) is 11.3. The molecule has 0 aliphatic carbocycles. The van der Waals surface area contributed by atoms with E-state index in [0.717, 1.165) is 17.0 Å². The van der Waals surface area contributed by atoms with Crippen LogP contribution >= 0.6 is 23.5 Å². The lowest BCUT2D eigenvalue weighted by Gasteiger charge is -2.29. The number of aromatic nitrogens is 1. The third kappa shape index (κ3) is 13.1. The molecule has 2 bridgehead atoms. The van der Waals surface area contributed by atoms with Gasteiger partial charge in [-0.15, -0.1) is 0 Å². The van der Waals surface area contributed by atoms with E-state index in [2.05, 4.69) is 21.3 Å². The van der Waals surface area contributed by atoms with Crippen molar-refractivity contribution in [1.82, 2.24) is 26.3 Å². The highest BCUT2D eigenvalue weighted by atomic mass is 32.2. The third-order valence-electron chi connectivity index (χ3n) is 8.18. The highest BCUT2D eigenvalue weighted by molar-refractivity contribution is 7.98. The van der Waals surface area contributed by atoms with E-state index in [1.165, 1.54) is 11.8 Å². The topological polar surface area (TPSA) is 172 Å². The Morgan fingerprint density at radius 2 is 1.52 bits per heavy atom. The van der Waals surface area contributed by atoms with Crippen molar-refractivity contribution < 1.29 is 24.0 Å². The molecule has 5 atom stereocenters. The van der Waals surface area contributed by atoms with Gasteiger partial charge in [-0.3, -0.25) is 29.0 Å². The van der Waals surface area contributed by atoms with Crippen LogP contribution < -0.4 is 27.0 Å². The maximum absolute atomic E-state index is 13.8. The number of nitrogens with zero attached hydrogens (tertiary/aromatic N) is 1. The Hall–Kier alpha value is -3.58. The first-order valence-corrected chi connectivity index (χ1v) is 18.9. The summed E-state index contributed by atoms with van der Waals surface area (Å²) in [5.74, 6) is -0.620. The summed E-state index contributed by atoms with van der Waals surface area (Å²) < 4.78 is 0. The maximum atomic E-state index is 13.8. The minimum atomic E-state index is -0.971. The van der Waals surface area contributed by atoms with Gasteiger partial charge in [0.1, 0.15) is 24.2 Å². The fraction of sp³-hybridized carbons (Fsp3) is 0.543. The second-order valence-corrected chi connectivity index (χ2v) is 14.8. The second kappa shape index (κ2) is 20.1. The van der Waals surface area contributed by atoms with Crippen LogP contribution in [-0.4, -0.2) is 70.2 Å². The normalized spacial score (nSPS) is 23.0. The van der Waals surface area contributed by atoms with Crippen molar-refractivity contribution in [2.24, 2.45) is 17.6 Å². The number of fused-ring (bicyclic) bond motifs is 2. The van der Waals surface area contributed by atoms with Gasteiger partial charge in [0.2, 0.25) is 29.5 Å². The monoisotopic (exact) mass is 698 g/mol. The van der Waals surface area contributed by atoms with E-state index in [-0.39, 0.29) is 36.3 Å². The van der Waals surface area contributed by atoms with Gasteiger partial charge in [0.25, 0.3) is 0 Å². The van der Waals surface area contributed by atoms with Crippen LogP contribution in [0.2, 0.25) is 0 Å². The summed E-state index contributed by atoms with van der Waals surface area (Å²) in [5.41, 5.74) is 8.23. The zero-order valence-corrected chi connectivity index (χ0v) is 30.0. The molecule has 2 heterocycles. The number of benzene rings is 1. The number of hydrogen-bond acceptors (Lipinski definition) is 8. The minimum absolute atomic E-state index is 0.205. The van der Waals surface area contributed by atoms with Crippen LogP contribution in [0.3, 0.4) is 0 Å². The molecule has 0 radical (unpaired) electrons. The van der Waals surface area contributed by atoms with Crippen LogP contribution in [0.15, 0.2) is 48.5 Å². The Morgan fingerprint density at radius 3 is 2.17 bits per heavy atom. The van der Waals surface area contributed by atoms with Crippen molar-refractivity contribution in [1.29, 1.82) is 0 Å². The van der Waals surface area contributed by atoms with Crippen LogP contribution in [-0.2, 0) is 41.9 Å². The van der Waals surface area contributed by atoms with Crippen molar-refractivity contribution in [3.8, 4) is 0 Å². The van der Waals surface area contributed by atoms with E-state index in [4.69, 9.17) is 10.7 Å². The lowest BCUT2D eigenvalue weighted by atomic mass is 9.96. The first-order chi connectivity index (χ1) is 23.0. The number of nitrogens with two attached hydrogens (primary N) is 1.